The van der Waals surface area contributed by atoms with Crippen molar-refractivity contribution in [3.8, 4) is 11.5 Å². The molecule has 1 rings (SSSR count). The minimum absolute atomic E-state index is 0.325. The molecule has 0 aliphatic heterocycles. The second-order valence-electron chi connectivity index (χ2n) is 4.25. The third-order valence-corrected chi connectivity index (χ3v) is 2.63. The van der Waals surface area contributed by atoms with E-state index < -0.39 is 35.9 Å². The Morgan fingerprint density at radius 1 is 1.17 bits per heavy atom. The summed E-state index contributed by atoms with van der Waals surface area (Å²) in [6.45, 7) is 0. The number of phenols is 2. The lowest BCUT2D eigenvalue weighted by Crippen LogP contribution is -2.43. The maximum Gasteiger partial charge on any atom is 0.350 e. The van der Waals surface area contributed by atoms with Gasteiger partial charge in [-0.15, -0.1) is 0 Å². The summed E-state index contributed by atoms with van der Waals surface area (Å²) in [5.74, 6) is -4.87. The van der Waals surface area contributed by atoms with Crippen LogP contribution in [0.25, 0.3) is 6.08 Å². The Kier molecular flexibility index (Phi) is 6.10. The van der Waals surface area contributed by atoms with Gasteiger partial charge in [-0.1, -0.05) is 6.07 Å². The van der Waals surface area contributed by atoms with Gasteiger partial charge in [0.15, 0.2) is 17.6 Å². The predicted molar refractivity (Wildman–Crippen MR) is 74.3 cm³/mol. The molecule has 1 aromatic carbocycles. The summed E-state index contributed by atoms with van der Waals surface area (Å²) in [6, 6.07) is 3.72. The number of carbonyl (C=O) groups is 3. The summed E-state index contributed by atoms with van der Waals surface area (Å²) in [4.78, 5) is 33.6. The average molecular weight is 326 g/mol. The number of esters is 2. The molecule has 0 spiro atoms. The van der Waals surface area contributed by atoms with E-state index in [4.69, 9.17) is 10.2 Å². The highest BCUT2D eigenvalue weighted by molar-refractivity contribution is 5.91. The number of aromatic hydroxyl groups is 2. The standard InChI is InChI=1S/C14H14O9/c1-22-14(21)12(11(18)13(19)20)23-10(17)5-3-7-2-4-8(15)9(16)6-7/h2-6,11-12,15-16,18H,1H3,(H,19,20). The van der Waals surface area contributed by atoms with E-state index in [1.165, 1.54) is 18.2 Å². The number of carboxylic acids is 1. The number of aliphatic hydroxyl groups excluding tert-OH is 1. The molecule has 0 heterocycles. The molecule has 0 aliphatic carbocycles. The second kappa shape index (κ2) is 7.80. The van der Waals surface area contributed by atoms with Crippen molar-refractivity contribution in [2.24, 2.45) is 0 Å². The molecular weight excluding hydrogens is 312 g/mol. The molecule has 2 unspecified atom stereocenters. The van der Waals surface area contributed by atoms with Crippen LogP contribution in [0.4, 0.5) is 0 Å². The average Bonchev–Trinajstić information content (AvgIpc) is 2.52. The lowest BCUT2D eigenvalue weighted by atomic mass is 10.2. The predicted octanol–water partition coefficient (Wildman–Crippen LogP) is -0.359. The number of carbonyl (C=O) groups excluding carboxylic acids is 2. The van der Waals surface area contributed by atoms with Crippen molar-refractivity contribution >= 4 is 24.0 Å². The Balaban J connectivity index is 2.82. The summed E-state index contributed by atoms with van der Waals surface area (Å²) in [5, 5.41) is 36.4. The van der Waals surface area contributed by atoms with E-state index in [0.29, 0.717) is 5.56 Å². The monoisotopic (exact) mass is 326 g/mol. The number of phenolic OH excluding ortho intramolecular Hbond substituents is 2. The van der Waals surface area contributed by atoms with Crippen molar-refractivity contribution in [1.29, 1.82) is 0 Å². The van der Waals surface area contributed by atoms with E-state index in [1.807, 2.05) is 0 Å². The van der Waals surface area contributed by atoms with Crippen LogP contribution < -0.4 is 0 Å². The summed E-state index contributed by atoms with van der Waals surface area (Å²) in [7, 11) is 0.937. The smallest absolute Gasteiger partial charge is 0.350 e. The summed E-state index contributed by atoms with van der Waals surface area (Å²) in [5.41, 5.74) is 0.325. The zero-order valence-corrected chi connectivity index (χ0v) is 11.9. The minimum atomic E-state index is -2.28. The Labute approximate surface area is 130 Å². The van der Waals surface area contributed by atoms with Gasteiger partial charge in [0.25, 0.3) is 0 Å². The first-order valence-electron chi connectivity index (χ1n) is 6.15. The van der Waals surface area contributed by atoms with E-state index in [2.05, 4.69) is 9.47 Å². The number of hydrogen-bond donors (Lipinski definition) is 4. The van der Waals surface area contributed by atoms with Gasteiger partial charge in [0.2, 0.25) is 6.10 Å². The number of ether oxygens (including phenoxy) is 2. The Hall–Kier alpha value is -3.07. The van der Waals surface area contributed by atoms with Gasteiger partial charge in [-0.3, -0.25) is 0 Å². The van der Waals surface area contributed by atoms with Gasteiger partial charge in [-0.25, -0.2) is 14.4 Å². The van der Waals surface area contributed by atoms with E-state index in [1.54, 1.807) is 0 Å². The maximum atomic E-state index is 11.6. The molecule has 0 saturated heterocycles. The van der Waals surface area contributed by atoms with E-state index in [-0.39, 0.29) is 5.75 Å². The van der Waals surface area contributed by atoms with Gasteiger partial charge in [0, 0.05) is 6.08 Å². The molecule has 0 radical (unpaired) electrons. The zero-order valence-electron chi connectivity index (χ0n) is 11.9. The molecule has 2 atom stereocenters. The van der Waals surface area contributed by atoms with Gasteiger partial charge in [0.1, 0.15) is 0 Å². The van der Waals surface area contributed by atoms with Crippen molar-refractivity contribution in [3.63, 3.8) is 0 Å². The second-order valence-corrected chi connectivity index (χ2v) is 4.25. The van der Waals surface area contributed by atoms with Crippen LogP contribution in [-0.2, 0) is 23.9 Å². The fourth-order valence-electron chi connectivity index (χ4n) is 1.46. The Morgan fingerprint density at radius 3 is 2.35 bits per heavy atom. The largest absolute Gasteiger partial charge is 0.504 e. The van der Waals surface area contributed by atoms with Crippen molar-refractivity contribution in [3.05, 3.63) is 29.8 Å². The third kappa shape index (κ3) is 5.00. The highest BCUT2D eigenvalue weighted by Gasteiger charge is 2.36. The summed E-state index contributed by atoms with van der Waals surface area (Å²) >= 11 is 0. The number of carboxylic acid groups (broad SMARTS) is 1. The van der Waals surface area contributed by atoms with Crippen LogP contribution >= 0.6 is 0 Å². The van der Waals surface area contributed by atoms with Gasteiger partial charge >= 0.3 is 17.9 Å². The van der Waals surface area contributed by atoms with Crippen LogP contribution in [-0.4, -0.2) is 57.7 Å². The lowest BCUT2D eigenvalue weighted by Gasteiger charge is -2.17. The topological polar surface area (TPSA) is 151 Å². The number of rotatable bonds is 6. The molecule has 23 heavy (non-hydrogen) atoms. The molecule has 0 aromatic heterocycles. The first kappa shape index (κ1) is 18.0. The minimum Gasteiger partial charge on any atom is -0.504 e. The molecule has 0 bridgehead atoms. The van der Waals surface area contributed by atoms with Gasteiger partial charge in [-0.2, -0.15) is 0 Å². The van der Waals surface area contributed by atoms with Crippen LogP contribution in [0, 0.1) is 0 Å². The first-order valence-corrected chi connectivity index (χ1v) is 6.15. The molecule has 0 amide bonds. The van der Waals surface area contributed by atoms with Crippen LogP contribution in [0.1, 0.15) is 5.56 Å². The van der Waals surface area contributed by atoms with E-state index in [9.17, 15) is 24.6 Å². The quantitative estimate of drug-likeness (QED) is 0.312. The summed E-state index contributed by atoms with van der Waals surface area (Å²) < 4.78 is 8.81. The Bertz CT molecular complexity index is 635. The van der Waals surface area contributed by atoms with Gasteiger partial charge in [0.05, 0.1) is 7.11 Å². The number of hydrogen-bond acceptors (Lipinski definition) is 8. The highest BCUT2D eigenvalue weighted by atomic mass is 16.6. The number of benzene rings is 1. The van der Waals surface area contributed by atoms with E-state index in [0.717, 1.165) is 19.3 Å². The molecular formula is C14H14O9. The van der Waals surface area contributed by atoms with Crippen molar-refractivity contribution < 1.29 is 44.3 Å². The molecule has 1 aromatic rings. The third-order valence-electron chi connectivity index (χ3n) is 2.63. The molecule has 0 aliphatic rings. The van der Waals surface area contributed by atoms with Crippen molar-refractivity contribution in [2.45, 2.75) is 12.2 Å². The molecule has 0 saturated carbocycles. The molecule has 9 heteroatoms. The lowest BCUT2D eigenvalue weighted by molar-refractivity contribution is -0.177. The van der Waals surface area contributed by atoms with Crippen LogP contribution in [0.2, 0.25) is 0 Å². The normalized spacial score (nSPS) is 13.3. The summed E-state index contributed by atoms with van der Waals surface area (Å²) in [6.07, 6.45) is -2.28. The molecule has 4 N–H and O–H groups in total. The van der Waals surface area contributed by atoms with Gasteiger partial charge < -0.3 is 29.9 Å². The first-order chi connectivity index (χ1) is 10.8. The van der Waals surface area contributed by atoms with Gasteiger partial charge in [-0.05, 0) is 23.8 Å². The number of methoxy groups -OCH3 is 1. The number of aliphatic hydroxyl groups is 1. The maximum absolute atomic E-state index is 11.6. The Morgan fingerprint density at radius 2 is 1.83 bits per heavy atom. The van der Waals surface area contributed by atoms with E-state index >= 15 is 0 Å². The SMILES string of the molecule is COC(=O)C(OC(=O)C=Cc1ccc(O)c(O)c1)C(O)C(=O)O. The van der Waals surface area contributed by atoms with Crippen LogP contribution in [0.3, 0.4) is 0 Å². The molecule has 0 fully saturated rings. The highest BCUT2D eigenvalue weighted by Crippen LogP contribution is 2.25. The zero-order chi connectivity index (χ0) is 17.6. The van der Waals surface area contributed by atoms with Crippen molar-refractivity contribution in [1.82, 2.24) is 0 Å². The van der Waals surface area contributed by atoms with Crippen LogP contribution in [0.5, 0.6) is 11.5 Å². The van der Waals surface area contributed by atoms with Crippen LogP contribution in [0.15, 0.2) is 24.3 Å². The van der Waals surface area contributed by atoms with Crippen molar-refractivity contribution in [2.75, 3.05) is 7.11 Å². The molecule has 9 nitrogen and oxygen atoms in total. The fourth-order valence-corrected chi connectivity index (χ4v) is 1.46. The molecule has 124 valence electrons. The number of aliphatic carboxylic acids is 1. The fraction of sp³-hybridized carbons (Fsp3) is 0.214.